The van der Waals surface area contributed by atoms with E-state index in [-0.39, 0.29) is 0 Å². The van der Waals surface area contributed by atoms with Gasteiger partial charge < -0.3 is 9.13 Å². The molecule has 0 fully saturated rings. The van der Waals surface area contributed by atoms with Gasteiger partial charge in [0.25, 0.3) is 0 Å². The van der Waals surface area contributed by atoms with Gasteiger partial charge in [-0.25, -0.2) is 0 Å². The smallest absolute Gasteiger partial charge is 0.0560 e. The summed E-state index contributed by atoms with van der Waals surface area (Å²) in [6, 6.07) is 65.7. The summed E-state index contributed by atoms with van der Waals surface area (Å²) in [6.45, 7) is 0. The van der Waals surface area contributed by atoms with Crippen molar-refractivity contribution in [1.82, 2.24) is 9.13 Å². The maximum atomic E-state index is 2.52. The topological polar surface area (TPSA) is 9.86 Å². The van der Waals surface area contributed by atoms with Crippen LogP contribution in [0, 0.1) is 0 Å². The average Bonchev–Trinajstić information content (AvgIpc) is 3.79. The first-order valence-corrected chi connectivity index (χ1v) is 19.6. The Hall–Kier alpha value is -7.16. The molecule has 12 rings (SSSR count). The minimum Gasteiger partial charge on any atom is -0.333 e. The van der Waals surface area contributed by atoms with Crippen LogP contribution in [0.15, 0.2) is 200 Å². The van der Waals surface area contributed by atoms with Gasteiger partial charge in [0.15, 0.2) is 0 Å². The Kier molecular flexibility index (Phi) is 6.79. The normalized spacial score (nSPS) is 14.4. The molecule has 2 aromatic heterocycles. The Bertz CT molecular complexity index is 3450. The SMILES string of the molecule is C1=CCC(n2c3ccccc3c3cc(-c4ccc5c(c4)c4ccccc4n5-c4cccc5c6ccccc6c6cc(-c7ccccc7)ccc6c45)ccc32)C=C1. The number of para-hydroxylation sites is 2. The minimum atomic E-state index is 0.311. The first-order chi connectivity index (χ1) is 27.8. The molecule has 2 heteroatoms. The number of hydrogen-bond donors (Lipinski definition) is 0. The summed E-state index contributed by atoms with van der Waals surface area (Å²) in [5.74, 6) is 0. The molecule has 1 aliphatic carbocycles. The molecule has 2 nitrogen and oxygen atoms in total. The fraction of sp³-hybridized carbons (Fsp3) is 0.0370. The molecule has 0 N–H and O–H groups in total. The zero-order chi connectivity index (χ0) is 36.7. The van der Waals surface area contributed by atoms with E-state index in [9.17, 15) is 0 Å². The van der Waals surface area contributed by atoms with Crippen molar-refractivity contribution in [3.8, 4) is 27.9 Å². The highest BCUT2D eigenvalue weighted by molar-refractivity contribution is 6.28. The van der Waals surface area contributed by atoms with Crippen LogP contribution in [0.25, 0.3) is 104 Å². The zero-order valence-electron chi connectivity index (χ0n) is 30.7. The molecule has 11 aromatic rings. The van der Waals surface area contributed by atoms with Crippen molar-refractivity contribution in [3.63, 3.8) is 0 Å². The summed E-state index contributed by atoms with van der Waals surface area (Å²) < 4.78 is 5.02. The van der Waals surface area contributed by atoms with E-state index in [1.54, 1.807) is 0 Å². The predicted molar refractivity (Wildman–Crippen MR) is 239 cm³/mol. The van der Waals surface area contributed by atoms with Crippen LogP contribution in [0.4, 0.5) is 0 Å². The fourth-order valence-corrected chi connectivity index (χ4v) is 9.69. The van der Waals surface area contributed by atoms with E-state index in [1.807, 2.05) is 0 Å². The van der Waals surface area contributed by atoms with Crippen molar-refractivity contribution in [2.45, 2.75) is 12.5 Å². The van der Waals surface area contributed by atoms with Gasteiger partial charge in [-0.05, 0) is 104 Å². The van der Waals surface area contributed by atoms with Crippen LogP contribution in [0.3, 0.4) is 0 Å². The van der Waals surface area contributed by atoms with Crippen LogP contribution < -0.4 is 0 Å². The lowest BCUT2D eigenvalue weighted by atomic mass is 9.91. The number of aromatic nitrogens is 2. The van der Waals surface area contributed by atoms with Crippen LogP contribution in [-0.4, -0.2) is 9.13 Å². The number of benzene rings is 9. The molecular weight excluding hydrogens is 677 g/mol. The Morgan fingerprint density at radius 2 is 0.893 bits per heavy atom. The Morgan fingerprint density at radius 3 is 1.66 bits per heavy atom. The molecule has 9 aromatic carbocycles. The molecule has 262 valence electrons. The van der Waals surface area contributed by atoms with E-state index in [0.717, 1.165) is 6.42 Å². The predicted octanol–water partition coefficient (Wildman–Crippen LogP) is 14.7. The summed E-state index contributed by atoms with van der Waals surface area (Å²) >= 11 is 0. The van der Waals surface area contributed by atoms with Crippen molar-refractivity contribution in [3.05, 3.63) is 200 Å². The number of fused-ring (bicyclic) bond motifs is 12. The maximum Gasteiger partial charge on any atom is 0.0560 e. The standard InChI is InChI=1S/C54H36N2/c1-3-14-35(15-4-1)36-26-29-45-46(32-36)41-19-8-7-18-40(41)44-22-13-25-53(54(44)45)56-50-24-12-10-21-43(50)48-34-38(28-31-52(48)56)37-27-30-51-47(33-37)42-20-9-11-23-49(42)55(51)39-16-5-2-6-17-39/h1-16,18-34,39H,17H2. The molecule has 0 spiro atoms. The Labute approximate surface area is 324 Å². The van der Waals surface area contributed by atoms with E-state index >= 15 is 0 Å². The molecule has 0 saturated heterocycles. The van der Waals surface area contributed by atoms with Crippen LogP contribution in [0.2, 0.25) is 0 Å². The molecule has 1 unspecified atom stereocenters. The second-order valence-electron chi connectivity index (χ2n) is 15.2. The highest BCUT2D eigenvalue weighted by Crippen LogP contribution is 2.43. The third-order valence-electron chi connectivity index (χ3n) is 12.2. The highest BCUT2D eigenvalue weighted by atomic mass is 15.0. The van der Waals surface area contributed by atoms with Gasteiger partial charge in [0, 0.05) is 38.0 Å². The molecule has 0 saturated carbocycles. The summed E-state index contributed by atoms with van der Waals surface area (Å²) in [5.41, 5.74) is 11.1. The summed E-state index contributed by atoms with van der Waals surface area (Å²) in [6.07, 6.45) is 9.94. The van der Waals surface area contributed by atoms with Gasteiger partial charge in [-0.3, -0.25) is 0 Å². The monoisotopic (exact) mass is 712 g/mol. The van der Waals surface area contributed by atoms with Gasteiger partial charge in [-0.1, -0.05) is 152 Å². The van der Waals surface area contributed by atoms with Gasteiger partial charge in [-0.2, -0.15) is 0 Å². The van der Waals surface area contributed by atoms with Gasteiger partial charge >= 0.3 is 0 Å². The molecule has 1 atom stereocenters. The largest absolute Gasteiger partial charge is 0.333 e. The third kappa shape index (κ3) is 4.56. The zero-order valence-corrected chi connectivity index (χ0v) is 30.7. The minimum absolute atomic E-state index is 0.311. The second kappa shape index (κ2) is 12.2. The second-order valence-corrected chi connectivity index (χ2v) is 15.2. The molecule has 0 bridgehead atoms. The quantitative estimate of drug-likeness (QED) is 0.161. The van der Waals surface area contributed by atoms with Crippen molar-refractivity contribution in [2.75, 3.05) is 0 Å². The molecule has 56 heavy (non-hydrogen) atoms. The van der Waals surface area contributed by atoms with Crippen LogP contribution in [-0.2, 0) is 0 Å². The Morgan fingerprint density at radius 1 is 0.357 bits per heavy atom. The molecule has 1 aliphatic rings. The van der Waals surface area contributed by atoms with Crippen molar-refractivity contribution in [2.24, 2.45) is 0 Å². The third-order valence-corrected chi connectivity index (χ3v) is 12.2. The van der Waals surface area contributed by atoms with Crippen LogP contribution >= 0.6 is 0 Å². The van der Waals surface area contributed by atoms with Gasteiger partial charge in [0.05, 0.1) is 22.8 Å². The summed E-state index contributed by atoms with van der Waals surface area (Å²) in [4.78, 5) is 0. The van der Waals surface area contributed by atoms with E-state index in [4.69, 9.17) is 0 Å². The van der Waals surface area contributed by atoms with E-state index < -0.39 is 0 Å². The van der Waals surface area contributed by atoms with Crippen molar-refractivity contribution >= 4 is 75.9 Å². The van der Waals surface area contributed by atoms with E-state index in [2.05, 4.69) is 209 Å². The van der Waals surface area contributed by atoms with E-state index in [1.165, 1.54) is 104 Å². The van der Waals surface area contributed by atoms with E-state index in [0.29, 0.717) is 6.04 Å². The Balaban J connectivity index is 1.08. The summed E-state index contributed by atoms with van der Waals surface area (Å²) in [5, 5.41) is 12.8. The lowest BCUT2D eigenvalue weighted by molar-refractivity contribution is 0.648. The van der Waals surface area contributed by atoms with Crippen molar-refractivity contribution in [1.29, 1.82) is 0 Å². The summed E-state index contributed by atoms with van der Waals surface area (Å²) in [7, 11) is 0. The number of rotatable bonds is 4. The van der Waals surface area contributed by atoms with Gasteiger partial charge in [0.2, 0.25) is 0 Å². The van der Waals surface area contributed by atoms with Crippen LogP contribution in [0.5, 0.6) is 0 Å². The molecule has 2 heterocycles. The van der Waals surface area contributed by atoms with Crippen molar-refractivity contribution < 1.29 is 0 Å². The molecule has 0 aliphatic heterocycles. The van der Waals surface area contributed by atoms with Gasteiger partial charge in [-0.15, -0.1) is 0 Å². The maximum absolute atomic E-state index is 2.52. The molecule has 0 amide bonds. The number of allylic oxidation sites excluding steroid dienone is 4. The van der Waals surface area contributed by atoms with Gasteiger partial charge in [0.1, 0.15) is 0 Å². The number of nitrogens with zero attached hydrogens (tertiary/aromatic N) is 2. The molecular formula is C54H36N2. The molecule has 0 radical (unpaired) electrons. The van der Waals surface area contributed by atoms with Crippen LogP contribution in [0.1, 0.15) is 12.5 Å². The first kappa shape index (κ1) is 31.2. The lowest BCUT2D eigenvalue weighted by Crippen LogP contribution is -2.06. The average molecular weight is 713 g/mol. The first-order valence-electron chi connectivity index (χ1n) is 19.6. The fourth-order valence-electron chi connectivity index (χ4n) is 9.69. The highest BCUT2D eigenvalue weighted by Gasteiger charge is 2.20. The lowest BCUT2D eigenvalue weighted by Gasteiger charge is -2.18. The number of hydrogen-bond acceptors (Lipinski definition) is 0.